The van der Waals surface area contributed by atoms with Crippen molar-refractivity contribution in [1.29, 1.82) is 0 Å². The van der Waals surface area contributed by atoms with Crippen LogP contribution in [0, 0.1) is 0 Å². The number of aliphatic carboxylic acids is 1. The molecule has 12 heteroatoms. The van der Waals surface area contributed by atoms with Gasteiger partial charge in [-0.2, -0.15) is 13.2 Å². The lowest BCUT2D eigenvalue weighted by Crippen LogP contribution is -2.46. The van der Waals surface area contributed by atoms with Crippen LogP contribution in [0.25, 0.3) is 0 Å². The number of halogens is 3. The second kappa shape index (κ2) is 9.60. The SMILES string of the molecule is O=C(O)C(F)(F)F.O=C(c1cscn1)N1CCC2(CC1)CC(Oc1ccccn1)CO2. The van der Waals surface area contributed by atoms with Gasteiger partial charge in [0.1, 0.15) is 11.8 Å². The number of amides is 1. The first-order chi connectivity index (χ1) is 14.7. The molecule has 1 amide bonds. The molecule has 31 heavy (non-hydrogen) atoms. The van der Waals surface area contributed by atoms with Crippen LogP contribution in [0.4, 0.5) is 13.2 Å². The zero-order valence-corrected chi connectivity index (χ0v) is 17.1. The summed E-state index contributed by atoms with van der Waals surface area (Å²) in [5.74, 6) is -2.10. The summed E-state index contributed by atoms with van der Waals surface area (Å²) in [5.41, 5.74) is 2.07. The molecule has 1 unspecified atom stereocenters. The molecule has 2 aliphatic heterocycles. The maximum absolute atomic E-state index is 12.4. The van der Waals surface area contributed by atoms with Crippen LogP contribution in [0.15, 0.2) is 35.3 Å². The highest BCUT2D eigenvalue weighted by molar-refractivity contribution is 7.07. The molecule has 2 fully saturated rings. The highest BCUT2D eigenvalue weighted by Crippen LogP contribution is 2.37. The first-order valence-electron chi connectivity index (χ1n) is 9.38. The number of hydrogen-bond acceptors (Lipinski definition) is 7. The van der Waals surface area contributed by atoms with E-state index >= 15 is 0 Å². The number of pyridine rings is 1. The summed E-state index contributed by atoms with van der Waals surface area (Å²) in [6.07, 6.45) is -0.803. The van der Waals surface area contributed by atoms with E-state index in [0.29, 0.717) is 31.3 Å². The number of aromatic nitrogens is 2. The average Bonchev–Trinajstić information content (AvgIpc) is 3.40. The first kappa shape index (κ1) is 22.9. The van der Waals surface area contributed by atoms with Crippen molar-refractivity contribution in [1.82, 2.24) is 14.9 Å². The van der Waals surface area contributed by atoms with Crippen molar-refractivity contribution < 1.29 is 37.3 Å². The number of likely N-dealkylation sites (tertiary alicyclic amines) is 1. The molecule has 4 rings (SSSR count). The van der Waals surface area contributed by atoms with Gasteiger partial charge in [-0.15, -0.1) is 11.3 Å². The van der Waals surface area contributed by atoms with E-state index < -0.39 is 12.1 Å². The van der Waals surface area contributed by atoms with Gasteiger partial charge in [0.25, 0.3) is 5.91 Å². The van der Waals surface area contributed by atoms with Gasteiger partial charge < -0.3 is 19.5 Å². The Morgan fingerprint density at radius 3 is 2.52 bits per heavy atom. The normalized spacial score (nSPS) is 20.1. The lowest BCUT2D eigenvalue weighted by Gasteiger charge is -2.38. The van der Waals surface area contributed by atoms with E-state index in [1.165, 1.54) is 11.3 Å². The monoisotopic (exact) mass is 459 g/mol. The lowest BCUT2D eigenvalue weighted by molar-refractivity contribution is -0.192. The number of hydrogen-bond donors (Lipinski definition) is 1. The van der Waals surface area contributed by atoms with E-state index in [1.807, 2.05) is 23.1 Å². The minimum absolute atomic E-state index is 0.0189. The van der Waals surface area contributed by atoms with Crippen molar-refractivity contribution in [3.05, 3.63) is 41.0 Å². The fourth-order valence-electron chi connectivity index (χ4n) is 3.41. The van der Waals surface area contributed by atoms with Crippen LogP contribution in [-0.2, 0) is 9.53 Å². The smallest absolute Gasteiger partial charge is 0.475 e. The third-order valence-corrected chi connectivity index (χ3v) is 5.54. The summed E-state index contributed by atoms with van der Waals surface area (Å²) in [6, 6.07) is 5.64. The Morgan fingerprint density at radius 1 is 1.26 bits per heavy atom. The lowest BCUT2D eigenvalue weighted by atomic mass is 9.88. The number of thiazole rings is 1. The summed E-state index contributed by atoms with van der Waals surface area (Å²) in [6.45, 7) is 1.98. The van der Waals surface area contributed by atoms with Crippen molar-refractivity contribution in [3.63, 3.8) is 0 Å². The molecule has 4 heterocycles. The maximum Gasteiger partial charge on any atom is 0.490 e. The number of carbonyl (C=O) groups excluding carboxylic acids is 1. The van der Waals surface area contributed by atoms with E-state index in [2.05, 4.69) is 9.97 Å². The number of carbonyl (C=O) groups is 2. The number of carboxylic acids is 1. The highest BCUT2D eigenvalue weighted by atomic mass is 32.1. The zero-order valence-electron chi connectivity index (χ0n) is 16.2. The fraction of sp³-hybridized carbons (Fsp3) is 0.474. The summed E-state index contributed by atoms with van der Waals surface area (Å²) in [5, 5.41) is 8.93. The molecule has 1 N–H and O–H groups in total. The number of nitrogens with zero attached hydrogens (tertiary/aromatic N) is 3. The van der Waals surface area contributed by atoms with E-state index in [9.17, 15) is 18.0 Å². The van der Waals surface area contributed by atoms with Gasteiger partial charge in [-0.3, -0.25) is 4.79 Å². The number of rotatable bonds is 3. The molecule has 0 aliphatic carbocycles. The Balaban J connectivity index is 0.000000339. The van der Waals surface area contributed by atoms with E-state index in [-0.39, 0.29) is 17.6 Å². The van der Waals surface area contributed by atoms with Crippen LogP contribution in [0.5, 0.6) is 5.88 Å². The predicted octanol–water partition coefficient (Wildman–Crippen LogP) is 3.01. The second-order valence-corrected chi connectivity index (χ2v) is 7.79. The Labute approximate surface area is 179 Å². The van der Waals surface area contributed by atoms with Gasteiger partial charge in [0.2, 0.25) is 5.88 Å². The van der Waals surface area contributed by atoms with Crippen LogP contribution in [0.3, 0.4) is 0 Å². The summed E-state index contributed by atoms with van der Waals surface area (Å²) >= 11 is 1.45. The quantitative estimate of drug-likeness (QED) is 0.753. The predicted molar refractivity (Wildman–Crippen MR) is 103 cm³/mol. The van der Waals surface area contributed by atoms with Crippen LogP contribution < -0.4 is 4.74 Å². The van der Waals surface area contributed by atoms with Crippen LogP contribution in [0.1, 0.15) is 29.8 Å². The van der Waals surface area contributed by atoms with Crippen molar-refractivity contribution in [2.45, 2.75) is 37.1 Å². The molecule has 1 atom stereocenters. The van der Waals surface area contributed by atoms with Gasteiger partial charge in [-0.1, -0.05) is 6.07 Å². The van der Waals surface area contributed by atoms with Gasteiger partial charge in [0, 0.05) is 37.2 Å². The third kappa shape index (κ3) is 6.14. The number of piperidine rings is 1. The van der Waals surface area contributed by atoms with Crippen LogP contribution >= 0.6 is 11.3 Å². The highest BCUT2D eigenvalue weighted by Gasteiger charge is 2.44. The molecular formula is C19H20F3N3O5S. The molecule has 2 saturated heterocycles. The zero-order chi connectivity index (χ0) is 22.5. The van der Waals surface area contributed by atoms with Gasteiger partial charge in [0.15, 0.2) is 0 Å². The second-order valence-electron chi connectivity index (χ2n) is 7.07. The minimum Gasteiger partial charge on any atom is -0.475 e. The standard InChI is InChI=1S/C17H19N3O3S.C2HF3O2/c21-16(14-11-24-12-19-14)20-7-4-17(5-8-20)9-13(10-22-17)23-15-3-1-2-6-18-15;3-2(4,5)1(6)7/h1-3,6,11-13H,4-5,7-10H2;(H,6,7). The van der Waals surface area contributed by atoms with Crippen molar-refractivity contribution in [2.75, 3.05) is 19.7 Å². The Morgan fingerprint density at radius 2 is 1.97 bits per heavy atom. The molecule has 2 aromatic heterocycles. The Kier molecular flexibility index (Phi) is 7.11. The molecule has 0 aromatic carbocycles. The van der Waals surface area contributed by atoms with Gasteiger partial charge >= 0.3 is 12.1 Å². The van der Waals surface area contributed by atoms with Gasteiger partial charge in [-0.25, -0.2) is 14.8 Å². The summed E-state index contributed by atoms with van der Waals surface area (Å²) < 4.78 is 43.7. The molecule has 2 aromatic rings. The molecule has 1 spiro atoms. The fourth-order valence-corrected chi connectivity index (χ4v) is 3.94. The average molecular weight is 459 g/mol. The summed E-state index contributed by atoms with van der Waals surface area (Å²) in [7, 11) is 0. The first-order valence-corrected chi connectivity index (χ1v) is 10.3. The Bertz CT molecular complexity index is 872. The third-order valence-electron chi connectivity index (χ3n) is 4.96. The number of ether oxygens (including phenoxy) is 2. The topological polar surface area (TPSA) is 102 Å². The van der Waals surface area contributed by atoms with E-state index in [4.69, 9.17) is 19.4 Å². The van der Waals surface area contributed by atoms with Crippen molar-refractivity contribution in [3.8, 4) is 5.88 Å². The summed E-state index contributed by atoms with van der Waals surface area (Å²) in [4.78, 5) is 31.4. The van der Waals surface area contributed by atoms with Crippen LogP contribution in [0.2, 0.25) is 0 Å². The molecule has 0 saturated carbocycles. The molecule has 0 radical (unpaired) electrons. The van der Waals surface area contributed by atoms with Crippen molar-refractivity contribution >= 4 is 23.2 Å². The Hall–Kier alpha value is -2.73. The van der Waals surface area contributed by atoms with E-state index in [1.54, 1.807) is 17.1 Å². The molecule has 2 aliphatic rings. The van der Waals surface area contributed by atoms with E-state index in [0.717, 1.165) is 19.3 Å². The van der Waals surface area contributed by atoms with Crippen molar-refractivity contribution in [2.24, 2.45) is 0 Å². The molecule has 8 nitrogen and oxygen atoms in total. The minimum atomic E-state index is -5.08. The molecular weight excluding hydrogens is 439 g/mol. The van der Waals surface area contributed by atoms with Crippen LogP contribution in [-0.4, -0.2) is 69.4 Å². The molecule has 168 valence electrons. The number of carboxylic acid groups (broad SMARTS) is 1. The maximum atomic E-state index is 12.4. The number of alkyl halides is 3. The molecule has 0 bridgehead atoms. The van der Waals surface area contributed by atoms with Gasteiger partial charge in [0.05, 0.1) is 17.7 Å². The van der Waals surface area contributed by atoms with Gasteiger partial charge in [-0.05, 0) is 18.9 Å². The largest absolute Gasteiger partial charge is 0.490 e.